The number of furan rings is 1. The van der Waals surface area contributed by atoms with Crippen LogP contribution in [0.25, 0.3) is 0 Å². The first-order chi connectivity index (χ1) is 10.2. The van der Waals surface area contributed by atoms with Crippen LogP contribution in [0.5, 0.6) is 0 Å². The van der Waals surface area contributed by atoms with Crippen LogP contribution in [0.4, 0.5) is 4.79 Å². The molecular weight excluding hydrogens is 290 g/mol. The Morgan fingerprint density at radius 1 is 1.18 bits per heavy atom. The van der Waals surface area contributed by atoms with Crippen LogP contribution in [0.15, 0.2) is 22.8 Å². The van der Waals surface area contributed by atoms with Crippen molar-refractivity contribution in [3.63, 3.8) is 0 Å². The summed E-state index contributed by atoms with van der Waals surface area (Å²) in [5.41, 5.74) is -0.499. The van der Waals surface area contributed by atoms with Crippen LogP contribution in [0.3, 0.4) is 0 Å². The zero-order valence-corrected chi connectivity index (χ0v) is 12.6. The summed E-state index contributed by atoms with van der Waals surface area (Å²) >= 11 is 0. The smallest absolute Gasteiger partial charge is 0.335 e. The van der Waals surface area contributed by atoms with Gasteiger partial charge in [0.15, 0.2) is 0 Å². The molecule has 0 saturated carbocycles. The van der Waals surface area contributed by atoms with Gasteiger partial charge in [-0.1, -0.05) is 0 Å². The molecule has 1 aliphatic heterocycles. The molecule has 0 bridgehead atoms. The lowest BCUT2D eigenvalue weighted by Crippen LogP contribution is -2.47. The van der Waals surface area contributed by atoms with Crippen molar-refractivity contribution in [2.75, 3.05) is 6.54 Å². The molecule has 1 aromatic rings. The van der Waals surface area contributed by atoms with Crippen molar-refractivity contribution in [2.45, 2.75) is 32.9 Å². The second kappa shape index (κ2) is 5.63. The Kier molecular flexibility index (Phi) is 4.03. The summed E-state index contributed by atoms with van der Waals surface area (Å²) in [7, 11) is 0. The lowest BCUT2D eigenvalue weighted by atomic mass is 10.1. The van der Waals surface area contributed by atoms with E-state index < -0.39 is 35.8 Å². The number of hydrogen-bond donors (Lipinski definition) is 1. The highest BCUT2D eigenvalue weighted by Gasteiger charge is 2.45. The first-order valence-corrected chi connectivity index (χ1v) is 6.70. The zero-order valence-electron chi connectivity index (χ0n) is 12.6. The molecule has 2 rings (SSSR count). The maximum Gasteiger partial charge on any atom is 0.335 e. The van der Waals surface area contributed by atoms with Gasteiger partial charge in [-0.3, -0.25) is 14.4 Å². The molecule has 118 valence electrons. The van der Waals surface area contributed by atoms with Crippen LogP contribution in [0.1, 0.15) is 26.5 Å². The second-order valence-electron chi connectivity index (χ2n) is 5.94. The molecule has 8 nitrogen and oxygen atoms in total. The third kappa shape index (κ3) is 3.33. The van der Waals surface area contributed by atoms with Gasteiger partial charge in [0.1, 0.15) is 12.3 Å². The minimum absolute atomic E-state index is 0.145. The SMILES string of the molecule is CC(C)(C)NC(=O)CN1C(=O)C(=O)N(Cc2ccco2)C1=O. The lowest BCUT2D eigenvalue weighted by molar-refractivity contribution is -0.144. The van der Waals surface area contributed by atoms with Crippen molar-refractivity contribution in [2.24, 2.45) is 0 Å². The third-order valence-electron chi connectivity index (χ3n) is 2.85. The first kappa shape index (κ1) is 15.7. The molecule has 0 aliphatic carbocycles. The van der Waals surface area contributed by atoms with Gasteiger partial charge in [-0.25, -0.2) is 14.6 Å². The number of nitrogens with zero attached hydrogens (tertiary/aromatic N) is 2. The Labute approximate surface area is 127 Å². The summed E-state index contributed by atoms with van der Waals surface area (Å²) in [6.07, 6.45) is 1.40. The minimum atomic E-state index is -1.01. The van der Waals surface area contributed by atoms with Crippen LogP contribution in [0.2, 0.25) is 0 Å². The normalized spacial score (nSPS) is 15.7. The van der Waals surface area contributed by atoms with Gasteiger partial charge in [0.05, 0.1) is 12.8 Å². The quantitative estimate of drug-likeness (QED) is 0.644. The Morgan fingerprint density at radius 2 is 1.82 bits per heavy atom. The van der Waals surface area contributed by atoms with Gasteiger partial charge in [0.25, 0.3) is 0 Å². The zero-order chi connectivity index (χ0) is 16.5. The van der Waals surface area contributed by atoms with E-state index in [1.807, 2.05) is 0 Å². The van der Waals surface area contributed by atoms with Gasteiger partial charge in [0, 0.05) is 5.54 Å². The lowest BCUT2D eigenvalue weighted by Gasteiger charge is -2.22. The molecule has 1 N–H and O–H groups in total. The van der Waals surface area contributed by atoms with E-state index in [9.17, 15) is 19.2 Å². The molecule has 22 heavy (non-hydrogen) atoms. The molecule has 2 heterocycles. The van der Waals surface area contributed by atoms with Crippen molar-refractivity contribution in [3.8, 4) is 0 Å². The predicted octanol–water partition coefficient (Wildman–Crippen LogP) is 0.485. The average Bonchev–Trinajstić information content (AvgIpc) is 2.96. The fourth-order valence-corrected chi connectivity index (χ4v) is 1.99. The average molecular weight is 307 g/mol. The summed E-state index contributed by atoms with van der Waals surface area (Å²) in [5.74, 6) is -2.12. The summed E-state index contributed by atoms with van der Waals surface area (Å²) in [6.45, 7) is 4.68. The largest absolute Gasteiger partial charge is 0.467 e. The van der Waals surface area contributed by atoms with Gasteiger partial charge in [-0.15, -0.1) is 0 Å². The fraction of sp³-hybridized carbons (Fsp3) is 0.429. The van der Waals surface area contributed by atoms with E-state index in [1.165, 1.54) is 6.26 Å². The highest BCUT2D eigenvalue weighted by Crippen LogP contribution is 2.16. The van der Waals surface area contributed by atoms with E-state index in [1.54, 1.807) is 32.9 Å². The highest BCUT2D eigenvalue weighted by atomic mass is 16.3. The van der Waals surface area contributed by atoms with Crippen LogP contribution in [0, 0.1) is 0 Å². The van der Waals surface area contributed by atoms with Crippen LogP contribution in [-0.4, -0.2) is 45.6 Å². The van der Waals surface area contributed by atoms with Crippen molar-refractivity contribution < 1.29 is 23.6 Å². The van der Waals surface area contributed by atoms with Gasteiger partial charge < -0.3 is 9.73 Å². The number of urea groups is 1. The van der Waals surface area contributed by atoms with Crippen LogP contribution >= 0.6 is 0 Å². The number of rotatable bonds is 4. The third-order valence-corrected chi connectivity index (χ3v) is 2.85. The fourth-order valence-electron chi connectivity index (χ4n) is 1.99. The topological polar surface area (TPSA) is 99.9 Å². The molecule has 0 spiro atoms. The van der Waals surface area contributed by atoms with Gasteiger partial charge >= 0.3 is 17.8 Å². The molecule has 1 aliphatic rings. The van der Waals surface area contributed by atoms with Crippen LogP contribution in [-0.2, 0) is 20.9 Å². The number of carbonyl (C=O) groups is 4. The Morgan fingerprint density at radius 3 is 2.36 bits per heavy atom. The van der Waals surface area contributed by atoms with Gasteiger partial charge in [0.2, 0.25) is 5.91 Å². The maximum atomic E-state index is 12.1. The second-order valence-corrected chi connectivity index (χ2v) is 5.94. The molecule has 0 unspecified atom stereocenters. The Hall–Kier alpha value is -2.64. The molecular formula is C14H17N3O5. The Balaban J connectivity index is 2.07. The molecule has 0 atom stereocenters. The molecule has 1 saturated heterocycles. The summed E-state index contributed by atoms with van der Waals surface area (Å²) in [4.78, 5) is 49.1. The molecule has 1 aromatic heterocycles. The molecule has 1 fully saturated rings. The molecule has 8 heteroatoms. The van der Waals surface area contributed by atoms with Gasteiger partial charge in [-0.05, 0) is 32.9 Å². The minimum Gasteiger partial charge on any atom is -0.467 e. The first-order valence-electron chi connectivity index (χ1n) is 6.70. The standard InChI is InChI=1S/C14H17N3O5/c1-14(2,3)15-10(18)8-17-12(20)11(19)16(13(17)21)7-9-5-4-6-22-9/h4-6H,7-8H2,1-3H3,(H,15,18). The van der Waals surface area contributed by atoms with E-state index in [4.69, 9.17) is 4.42 Å². The Bertz CT molecular complexity index is 615. The summed E-state index contributed by atoms with van der Waals surface area (Å²) < 4.78 is 5.05. The van der Waals surface area contributed by atoms with E-state index >= 15 is 0 Å². The number of imide groups is 2. The number of nitrogens with one attached hydrogen (secondary N) is 1. The molecule has 0 radical (unpaired) electrons. The molecule has 0 aromatic carbocycles. The van der Waals surface area contributed by atoms with E-state index in [0.717, 1.165) is 4.90 Å². The van der Waals surface area contributed by atoms with Crippen molar-refractivity contribution in [1.82, 2.24) is 15.1 Å². The van der Waals surface area contributed by atoms with Gasteiger partial charge in [-0.2, -0.15) is 0 Å². The van der Waals surface area contributed by atoms with Crippen molar-refractivity contribution in [1.29, 1.82) is 0 Å². The van der Waals surface area contributed by atoms with E-state index in [2.05, 4.69) is 5.32 Å². The predicted molar refractivity (Wildman–Crippen MR) is 74.3 cm³/mol. The van der Waals surface area contributed by atoms with Crippen LogP contribution < -0.4 is 5.32 Å². The molecule has 5 amide bonds. The highest BCUT2D eigenvalue weighted by molar-refractivity contribution is 6.44. The summed E-state index contributed by atoms with van der Waals surface area (Å²) in [5, 5.41) is 2.63. The number of carbonyl (C=O) groups excluding carboxylic acids is 4. The monoisotopic (exact) mass is 307 g/mol. The van der Waals surface area contributed by atoms with E-state index in [-0.39, 0.29) is 6.54 Å². The number of amides is 5. The van der Waals surface area contributed by atoms with E-state index in [0.29, 0.717) is 10.7 Å². The van der Waals surface area contributed by atoms with Crippen molar-refractivity contribution >= 4 is 23.8 Å². The summed E-state index contributed by atoms with van der Waals surface area (Å²) in [6, 6.07) is 2.37. The van der Waals surface area contributed by atoms with Crippen molar-refractivity contribution in [3.05, 3.63) is 24.2 Å². The number of hydrogen-bond acceptors (Lipinski definition) is 5. The maximum absolute atomic E-state index is 12.1.